The maximum absolute atomic E-state index is 13.1. The van der Waals surface area contributed by atoms with Gasteiger partial charge in [-0.3, -0.25) is 19.9 Å². The number of nitrogens with one attached hydrogen (secondary N) is 1. The zero-order valence-corrected chi connectivity index (χ0v) is 20.2. The third kappa shape index (κ3) is 4.32. The molecule has 182 valence electrons. The van der Waals surface area contributed by atoms with Gasteiger partial charge in [0.15, 0.2) is 11.5 Å². The van der Waals surface area contributed by atoms with Gasteiger partial charge in [-0.25, -0.2) is 4.79 Å². The largest absolute Gasteiger partial charge is 0.505 e. The summed E-state index contributed by atoms with van der Waals surface area (Å²) in [6.07, 6.45) is 4.44. The number of thiophene rings is 1. The van der Waals surface area contributed by atoms with Crippen molar-refractivity contribution in [2.45, 2.75) is 32.6 Å². The first-order chi connectivity index (χ1) is 16.8. The summed E-state index contributed by atoms with van der Waals surface area (Å²) in [7, 11) is 1.51. The molecule has 2 aliphatic rings. The molecule has 2 aromatic rings. The van der Waals surface area contributed by atoms with Gasteiger partial charge in [0.25, 0.3) is 5.91 Å². The number of nitrogens with zero attached hydrogens (tertiary/aromatic N) is 1. The summed E-state index contributed by atoms with van der Waals surface area (Å²) in [5.74, 6) is -2.48. The standard InChI is InChI=1S/C25H25N3O6S/c1-3-34-25(32)19-15-6-4-5-7-18(15)35-24(19)28-16(21(30)20(22(28)26)23(27)31)12-17(29)13-8-10-14(33-2)11-9-13/h8-12,26,30H,3-7H2,1-2H3,(H2,27,31)/b16-12+,26-22?. The Hall–Kier alpha value is -3.92. The molecule has 4 rings (SSSR count). The minimum atomic E-state index is -1.02. The third-order valence-corrected chi connectivity index (χ3v) is 7.18. The van der Waals surface area contributed by atoms with E-state index in [0.717, 1.165) is 35.8 Å². The van der Waals surface area contributed by atoms with Gasteiger partial charge in [0.2, 0.25) is 0 Å². The molecule has 0 saturated heterocycles. The van der Waals surface area contributed by atoms with E-state index in [-0.39, 0.29) is 17.9 Å². The van der Waals surface area contributed by atoms with E-state index in [2.05, 4.69) is 0 Å². The van der Waals surface area contributed by atoms with E-state index >= 15 is 0 Å². The van der Waals surface area contributed by atoms with Crippen molar-refractivity contribution in [3.63, 3.8) is 0 Å². The summed E-state index contributed by atoms with van der Waals surface area (Å²) in [6.45, 7) is 1.86. The lowest BCUT2D eigenvalue weighted by Gasteiger charge is -2.21. The highest BCUT2D eigenvalue weighted by Gasteiger charge is 2.41. The van der Waals surface area contributed by atoms with Crippen LogP contribution >= 0.6 is 11.3 Å². The monoisotopic (exact) mass is 495 g/mol. The fraction of sp³-hybridized carbons (Fsp3) is 0.280. The Kier molecular flexibility index (Phi) is 6.74. The van der Waals surface area contributed by atoms with Crippen LogP contribution in [-0.2, 0) is 22.4 Å². The molecule has 2 heterocycles. The maximum atomic E-state index is 13.1. The number of carbonyl (C=O) groups is 3. The number of hydrogen-bond acceptors (Lipinski definition) is 8. The van der Waals surface area contributed by atoms with Crippen LogP contribution in [0.15, 0.2) is 47.4 Å². The van der Waals surface area contributed by atoms with Gasteiger partial charge in [-0.1, -0.05) is 0 Å². The number of ketones is 1. The molecule has 1 amide bonds. The Labute approximate surface area is 206 Å². The smallest absolute Gasteiger partial charge is 0.341 e. The summed E-state index contributed by atoms with van der Waals surface area (Å²) in [4.78, 5) is 40.4. The zero-order chi connectivity index (χ0) is 25.3. The highest BCUT2D eigenvalue weighted by Crippen LogP contribution is 2.45. The Morgan fingerprint density at radius 1 is 1.20 bits per heavy atom. The Bertz CT molecular complexity index is 1290. The number of esters is 1. The molecule has 9 nitrogen and oxygen atoms in total. The minimum absolute atomic E-state index is 0.103. The van der Waals surface area contributed by atoms with Crippen molar-refractivity contribution in [3.05, 3.63) is 68.9 Å². The van der Waals surface area contributed by atoms with Gasteiger partial charge >= 0.3 is 5.97 Å². The third-order valence-electron chi connectivity index (χ3n) is 5.90. The highest BCUT2D eigenvalue weighted by atomic mass is 32.1. The highest BCUT2D eigenvalue weighted by molar-refractivity contribution is 7.17. The number of anilines is 1. The topological polar surface area (TPSA) is 143 Å². The van der Waals surface area contributed by atoms with Crippen molar-refractivity contribution < 1.29 is 29.0 Å². The van der Waals surface area contributed by atoms with Gasteiger partial charge in [-0.05, 0) is 62.4 Å². The molecule has 0 saturated carbocycles. The van der Waals surface area contributed by atoms with Crippen molar-refractivity contribution in [1.82, 2.24) is 0 Å². The fourth-order valence-corrected chi connectivity index (χ4v) is 5.64. The van der Waals surface area contributed by atoms with Gasteiger partial charge < -0.3 is 20.3 Å². The summed E-state index contributed by atoms with van der Waals surface area (Å²) >= 11 is 1.29. The van der Waals surface area contributed by atoms with E-state index in [0.29, 0.717) is 22.7 Å². The molecule has 0 radical (unpaired) electrons. The van der Waals surface area contributed by atoms with Gasteiger partial charge in [-0.15, -0.1) is 11.3 Å². The number of aliphatic hydroxyl groups excluding tert-OH is 1. The molecule has 1 aliphatic carbocycles. The molecule has 10 heteroatoms. The quantitative estimate of drug-likeness (QED) is 0.302. The average molecular weight is 496 g/mol. The number of hydrogen-bond donors (Lipinski definition) is 3. The zero-order valence-electron chi connectivity index (χ0n) is 19.3. The number of aryl methyl sites for hydroxylation is 1. The van der Waals surface area contributed by atoms with Crippen molar-refractivity contribution in [3.8, 4) is 5.75 Å². The number of allylic oxidation sites excluding steroid dienone is 1. The normalized spacial score (nSPS) is 16.5. The number of carbonyl (C=O) groups excluding carboxylic acids is 3. The molecular formula is C25H25N3O6S. The van der Waals surface area contributed by atoms with Crippen LogP contribution in [0.3, 0.4) is 0 Å². The molecule has 0 atom stereocenters. The van der Waals surface area contributed by atoms with E-state index in [1.807, 2.05) is 0 Å². The number of rotatable bonds is 7. The molecule has 4 N–H and O–H groups in total. The second-order valence-corrected chi connectivity index (χ2v) is 9.09. The van der Waals surface area contributed by atoms with E-state index in [9.17, 15) is 19.5 Å². The van der Waals surface area contributed by atoms with Gasteiger partial charge in [0.1, 0.15) is 22.2 Å². The molecule has 0 spiro atoms. The molecule has 0 bridgehead atoms. The summed E-state index contributed by atoms with van der Waals surface area (Å²) < 4.78 is 10.4. The first kappa shape index (κ1) is 24.2. The van der Waals surface area contributed by atoms with Crippen molar-refractivity contribution in [1.29, 1.82) is 5.41 Å². The Morgan fingerprint density at radius 3 is 2.51 bits per heavy atom. The van der Waals surface area contributed by atoms with E-state index in [1.54, 1.807) is 31.2 Å². The average Bonchev–Trinajstić information content (AvgIpc) is 3.33. The lowest BCUT2D eigenvalue weighted by molar-refractivity contribution is -0.114. The number of aliphatic hydroxyl groups is 1. The van der Waals surface area contributed by atoms with E-state index < -0.39 is 34.8 Å². The Balaban J connectivity index is 1.87. The molecule has 1 aliphatic heterocycles. The van der Waals surface area contributed by atoms with Crippen LogP contribution in [0.1, 0.15) is 50.9 Å². The lowest BCUT2D eigenvalue weighted by Crippen LogP contribution is -2.30. The summed E-state index contributed by atoms with van der Waals surface area (Å²) in [5.41, 5.74) is 6.36. The summed E-state index contributed by atoms with van der Waals surface area (Å²) in [6, 6.07) is 6.37. The Morgan fingerprint density at radius 2 is 1.89 bits per heavy atom. The first-order valence-corrected chi connectivity index (χ1v) is 11.9. The molecule has 35 heavy (non-hydrogen) atoms. The number of benzene rings is 1. The van der Waals surface area contributed by atoms with Crippen LogP contribution in [0.2, 0.25) is 0 Å². The van der Waals surface area contributed by atoms with Crippen LogP contribution < -0.4 is 15.4 Å². The van der Waals surface area contributed by atoms with Crippen LogP contribution in [0.5, 0.6) is 5.75 Å². The number of amides is 1. The number of fused-ring (bicyclic) bond motifs is 1. The molecule has 0 fully saturated rings. The van der Waals surface area contributed by atoms with Crippen molar-refractivity contribution >= 4 is 39.8 Å². The molecular weight excluding hydrogens is 470 g/mol. The minimum Gasteiger partial charge on any atom is -0.505 e. The van der Waals surface area contributed by atoms with Crippen LogP contribution in [0, 0.1) is 5.41 Å². The second kappa shape index (κ2) is 9.75. The van der Waals surface area contributed by atoms with Gasteiger partial charge in [0, 0.05) is 16.5 Å². The van der Waals surface area contributed by atoms with Gasteiger partial charge in [0.05, 0.1) is 25.0 Å². The van der Waals surface area contributed by atoms with Crippen LogP contribution in [0.4, 0.5) is 5.00 Å². The van der Waals surface area contributed by atoms with Crippen molar-refractivity contribution in [2.24, 2.45) is 5.73 Å². The second-order valence-electron chi connectivity index (χ2n) is 8.01. The van der Waals surface area contributed by atoms with Crippen LogP contribution in [-0.4, -0.2) is 42.3 Å². The van der Waals surface area contributed by atoms with Gasteiger partial charge in [-0.2, -0.15) is 0 Å². The van der Waals surface area contributed by atoms with E-state index in [4.69, 9.17) is 20.6 Å². The van der Waals surface area contributed by atoms with Crippen molar-refractivity contribution in [2.75, 3.05) is 18.6 Å². The number of amidine groups is 1. The predicted molar refractivity (Wildman–Crippen MR) is 131 cm³/mol. The number of primary amides is 1. The summed E-state index contributed by atoms with van der Waals surface area (Å²) in [5, 5.41) is 19.8. The maximum Gasteiger partial charge on any atom is 0.341 e. The molecule has 0 unspecified atom stereocenters. The number of ether oxygens (including phenoxy) is 2. The number of methoxy groups -OCH3 is 1. The molecule has 1 aromatic heterocycles. The fourth-order valence-electron chi connectivity index (χ4n) is 4.24. The predicted octanol–water partition coefficient (Wildman–Crippen LogP) is 3.67. The SMILES string of the molecule is CCOC(=O)c1c(N2C(=N)C(C(N)=O)=C(O)/C2=C\C(=O)c2ccc(OC)cc2)sc2c1CCCC2. The van der Waals surface area contributed by atoms with Crippen LogP contribution in [0.25, 0.3) is 0 Å². The van der Waals surface area contributed by atoms with E-state index in [1.165, 1.54) is 23.3 Å². The molecule has 1 aromatic carbocycles. The first-order valence-electron chi connectivity index (χ1n) is 11.1. The number of nitrogens with two attached hydrogens (primary N) is 1. The lowest BCUT2D eigenvalue weighted by atomic mass is 9.95.